The van der Waals surface area contributed by atoms with Gasteiger partial charge in [-0.2, -0.15) is 10.2 Å². The fraction of sp³-hybridized carbons (Fsp3) is 0.250. The molecule has 2 aromatic rings. The highest BCUT2D eigenvalue weighted by atomic mass is 15.3. The minimum atomic E-state index is 0.956. The zero-order chi connectivity index (χ0) is 8.55. The van der Waals surface area contributed by atoms with Gasteiger partial charge in [-0.25, -0.2) is 0 Å². The monoisotopic (exact) mass is 162 g/mol. The molecule has 4 nitrogen and oxygen atoms in total. The quantitative estimate of drug-likeness (QED) is 0.622. The van der Waals surface area contributed by atoms with E-state index in [1.54, 1.807) is 10.9 Å². The van der Waals surface area contributed by atoms with Gasteiger partial charge in [-0.3, -0.25) is 9.36 Å². The Morgan fingerprint density at radius 3 is 2.58 bits per heavy atom. The molecule has 0 N–H and O–H groups in total. The van der Waals surface area contributed by atoms with Crippen LogP contribution in [-0.2, 0) is 14.1 Å². The van der Waals surface area contributed by atoms with Gasteiger partial charge in [-0.15, -0.1) is 0 Å². The molecule has 0 radical (unpaired) electrons. The highest BCUT2D eigenvalue weighted by Crippen LogP contribution is 2.13. The summed E-state index contributed by atoms with van der Waals surface area (Å²) in [6.45, 7) is 0. The number of hydrogen-bond donors (Lipinski definition) is 0. The van der Waals surface area contributed by atoms with Crippen LogP contribution in [0.5, 0.6) is 0 Å². The summed E-state index contributed by atoms with van der Waals surface area (Å²) in [7, 11) is 3.81. The van der Waals surface area contributed by atoms with Crippen LogP contribution in [0.15, 0.2) is 24.5 Å². The van der Waals surface area contributed by atoms with Crippen LogP contribution in [0.3, 0.4) is 0 Å². The third-order valence-electron chi connectivity index (χ3n) is 1.80. The standard InChI is InChI=1S/C8H10N4/c1-11-6-4-7(10-11)8-3-5-9-12(8)2/h3-6H,1-2H3. The first-order chi connectivity index (χ1) is 5.77. The van der Waals surface area contributed by atoms with Crippen molar-refractivity contribution in [2.75, 3.05) is 0 Å². The molecule has 0 fully saturated rings. The highest BCUT2D eigenvalue weighted by Gasteiger charge is 2.03. The minimum Gasteiger partial charge on any atom is -0.275 e. The van der Waals surface area contributed by atoms with E-state index in [1.165, 1.54) is 0 Å². The minimum absolute atomic E-state index is 0.956. The zero-order valence-electron chi connectivity index (χ0n) is 7.10. The number of aryl methyl sites for hydroxylation is 2. The normalized spacial score (nSPS) is 10.5. The largest absolute Gasteiger partial charge is 0.275 e. The lowest BCUT2D eigenvalue weighted by Crippen LogP contribution is -1.94. The third-order valence-corrected chi connectivity index (χ3v) is 1.80. The summed E-state index contributed by atoms with van der Waals surface area (Å²) in [4.78, 5) is 0. The molecule has 0 atom stereocenters. The Morgan fingerprint density at radius 1 is 1.25 bits per heavy atom. The van der Waals surface area contributed by atoms with Crippen LogP contribution in [0.4, 0.5) is 0 Å². The summed E-state index contributed by atoms with van der Waals surface area (Å²) < 4.78 is 3.59. The Bertz CT molecular complexity index is 385. The summed E-state index contributed by atoms with van der Waals surface area (Å²) in [5.41, 5.74) is 1.99. The number of nitrogens with zero attached hydrogens (tertiary/aromatic N) is 4. The van der Waals surface area contributed by atoms with E-state index in [0.29, 0.717) is 0 Å². The van der Waals surface area contributed by atoms with Crippen molar-refractivity contribution in [1.82, 2.24) is 19.6 Å². The smallest absolute Gasteiger partial charge is 0.110 e. The van der Waals surface area contributed by atoms with Crippen LogP contribution >= 0.6 is 0 Å². The maximum atomic E-state index is 4.27. The van der Waals surface area contributed by atoms with Crippen LogP contribution < -0.4 is 0 Å². The van der Waals surface area contributed by atoms with E-state index in [-0.39, 0.29) is 0 Å². The van der Waals surface area contributed by atoms with E-state index in [4.69, 9.17) is 0 Å². The maximum absolute atomic E-state index is 4.27. The molecule has 2 rings (SSSR count). The van der Waals surface area contributed by atoms with Crippen LogP contribution in [0.1, 0.15) is 0 Å². The first kappa shape index (κ1) is 7.09. The second-order valence-corrected chi connectivity index (χ2v) is 2.71. The molecule has 0 spiro atoms. The van der Waals surface area contributed by atoms with E-state index < -0.39 is 0 Å². The van der Waals surface area contributed by atoms with Crippen molar-refractivity contribution in [2.45, 2.75) is 0 Å². The molecule has 0 amide bonds. The van der Waals surface area contributed by atoms with Gasteiger partial charge in [0.1, 0.15) is 5.69 Å². The summed E-state index contributed by atoms with van der Waals surface area (Å²) >= 11 is 0. The number of hydrogen-bond acceptors (Lipinski definition) is 2. The lowest BCUT2D eigenvalue weighted by molar-refractivity contribution is 0.749. The lowest BCUT2D eigenvalue weighted by atomic mass is 10.3. The highest BCUT2D eigenvalue weighted by molar-refractivity contribution is 5.52. The van der Waals surface area contributed by atoms with Gasteiger partial charge in [0.05, 0.1) is 5.69 Å². The van der Waals surface area contributed by atoms with Gasteiger partial charge < -0.3 is 0 Å². The molecule has 2 aromatic heterocycles. The van der Waals surface area contributed by atoms with E-state index in [0.717, 1.165) is 11.4 Å². The Balaban J connectivity index is 2.50. The summed E-state index contributed by atoms with van der Waals surface area (Å²) in [6, 6.07) is 3.92. The van der Waals surface area contributed by atoms with Crippen molar-refractivity contribution in [1.29, 1.82) is 0 Å². The van der Waals surface area contributed by atoms with Gasteiger partial charge >= 0.3 is 0 Å². The Morgan fingerprint density at radius 2 is 2.08 bits per heavy atom. The van der Waals surface area contributed by atoms with Crippen LogP contribution in [0.2, 0.25) is 0 Å². The van der Waals surface area contributed by atoms with Crippen LogP contribution in [0, 0.1) is 0 Å². The predicted octanol–water partition coefficient (Wildman–Crippen LogP) is 0.821. The fourth-order valence-corrected chi connectivity index (χ4v) is 1.18. The molecular formula is C8H10N4. The van der Waals surface area contributed by atoms with Crippen molar-refractivity contribution in [3.63, 3.8) is 0 Å². The number of rotatable bonds is 1. The molecule has 2 heterocycles. The second-order valence-electron chi connectivity index (χ2n) is 2.71. The molecule has 0 aromatic carbocycles. The molecule has 0 aliphatic heterocycles. The van der Waals surface area contributed by atoms with Crippen LogP contribution in [0.25, 0.3) is 11.4 Å². The first-order valence-corrected chi connectivity index (χ1v) is 3.75. The van der Waals surface area contributed by atoms with E-state index in [9.17, 15) is 0 Å². The van der Waals surface area contributed by atoms with Gasteiger partial charge in [0.25, 0.3) is 0 Å². The SMILES string of the molecule is Cn1ccc(-c2ccnn2C)n1. The maximum Gasteiger partial charge on any atom is 0.110 e. The Kier molecular flexibility index (Phi) is 1.46. The van der Waals surface area contributed by atoms with Gasteiger partial charge in [0.15, 0.2) is 0 Å². The van der Waals surface area contributed by atoms with Gasteiger partial charge in [-0.05, 0) is 12.1 Å². The molecule has 0 aliphatic carbocycles. The average molecular weight is 162 g/mol. The van der Waals surface area contributed by atoms with Crippen LogP contribution in [-0.4, -0.2) is 19.6 Å². The van der Waals surface area contributed by atoms with Gasteiger partial charge in [0.2, 0.25) is 0 Å². The molecule has 0 aliphatic rings. The summed E-state index contributed by atoms with van der Waals surface area (Å²) in [6.07, 6.45) is 3.69. The van der Waals surface area contributed by atoms with Crippen molar-refractivity contribution in [2.24, 2.45) is 14.1 Å². The number of aromatic nitrogens is 4. The fourth-order valence-electron chi connectivity index (χ4n) is 1.18. The molecule has 0 saturated carbocycles. The molecule has 62 valence electrons. The van der Waals surface area contributed by atoms with Gasteiger partial charge in [0, 0.05) is 26.5 Å². The summed E-state index contributed by atoms with van der Waals surface area (Å²) in [5, 5.41) is 8.34. The zero-order valence-corrected chi connectivity index (χ0v) is 7.10. The predicted molar refractivity (Wildman–Crippen MR) is 45.4 cm³/mol. The Hall–Kier alpha value is -1.58. The second kappa shape index (κ2) is 2.48. The van der Waals surface area contributed by atoms with Crippen molar-refractivity contribution in [3.05, 3.63) is 24.5 Å². The summed E-state index contributed by atoms with van der Waals surface area (Å²) in [5.74, 6) is 0. The Labute approximate surface area is 70.4 Å². The van der Waals surface area contributed by atoms with E-state index in [1.807, 2.05) is 37.1 Å². The molecule has 0 unspecified atom stereocenters. The molecule has 0 saturated heterocycles. The van der Waals surface area contributed by atoms with E-state index >= 15 is 0 Å². The molecular weight excluding hydrogens is 152 g/mol. The average Bonchev–Trinajstić information content (AvgIpc) is 2.58. The first-order valence-electron chi connectivity index (χ1n) is 3.75. The van der Waals surface area contributed by atoms with Gasteiger partial charge in [-0.1, -0.05) is 0 Å². The van der Waals surface area contributed by atoms with Crippen molar-refractivity contribution < 1.29 is 0 Å². The topological polar surface area (TPSA) is 35.6 Å². The molecule has 12 heavy (non-hydrogen) atoms. The van der Waals surface area contributed by atoms with Crippen molar-refractivity contribution in [3.8, 4) is 11.4 Å². The lowest BCUT2D eigenvalue weighted by Gasteiger charge is -1.95. The van der Waals surface area contributed by atoms with Crippen molar-refractivity contribution >= 4 is 0 Å². The third kappa shape index (κ3) is 1.01. The molecule has 4 heteroatoms. The molecule has 0 bridgehead atoms. The van der Waals surface area contributed by atoms with E-state index in [2.05, 4.69) is 10.2 Å².